The van der Waals surface area contributed by atoms with Gasteiger partial charge in [-0.15, -0.1) is 0 Å². The van der Waals surface area contributed by atoms with E-state index in [-0.39, 0.29) is 0 Å². The summed E-state index contributed by atoms with van der Waals surface area (Å²) in [6.07, 6.45) is 4.14. The molecule has 0 N–H and O–H groups in total. The number of hydrogen-bond donors (Lipinski definition) is 0. The highest BCUT2D eigenvalue weighted by atomic mass is 15.1. The molecule has 0 spiro atoms. The van der Waals surface area contributed by atoms with Gasteiger partial charge in [0.25, 0.3) is 0 Å². The van der Waals surface area contributed by atoms with Gasteiger partial charge >= 0.3 is 0 Å². The molecule has 0 heterocycles. The third-order valence-corrected chi connectivity index (χ3v) is 1.94. The third-order valence-electron chi connectivity index (χ3n) is 1.94. The Morgan fingerprint density at radius 2 is 1.57 bits per heavy atom. The lowest BCUT2D eigenvalue weighted by atomic mass is 10.1. The molecule has 0 aromatic heterocycles. The molecule has 1 heteroatoms. The van der Waals surface area contributed by atoms with Crippen molar-refractivity contribution in [3.63, 3.8) is 0 Å². The van der Waals surface area contributed by atoms with E-state index in [1.165, 1.54) is 0 Å². The van der Waals surface area contributed by atoms with Crippen molar-refractivity contribution in [3.8, 4) is 0 Å². The molecule has 0 aromatic carbocycles. The van der Waals surface area contributed by atoms with Crippen LogP contribution in [0, 0.1) is 11.8 Å². The first-order chi connectivity index (χ1) is 6.47. The molecule has 0 fully saturated rings. The molecule has 0 aliphatic heterocycles. The minimum absolute atomic E-state index is 0.691. The van der Waals surface area contributed by atoms with Crippen LogP contribution in [-0.2, 0) is 0 Å². The Morgan fingerprint density at radius 3 is 1.86 bits per heavy atom. The standard InChI is InChI=1S/C13H25N/c1-7-8-13(6)14(9-11(2)3)10-12(4)5/h7-8,11-12H,6,9-10H2,1-5H3/b8-7-. The number of rotatable bonds is 6. The van der Waals surface area contributed by atoms with Crippen LogP contribution in [-0.4, -0.2) is 18.0 Å². The Hall–Kier alpha value is -0.720. The maximum Gasteiger partial charge on any atom is 0.0290 e. The molecule has 0 unspecified atom stereocenters. The smallest absolute Gasteiger partial charge is 0.0290 e. The van der Waals surface area contributed by atoms with Crippen LogP contribution in [0.15, 0.2) is 24.4 Å². The number of nitrogens with zero attached hydrogens (tertiary/aromatic N) is 1. The van der Waals surface area contributed by atoms with Crippen LogP contribution in [0.4, 0.5) is 0 Å². The molecule has 1 nitrogen and oxygen atoms in total. The first-order valence-electron chi connectivity index (χ1n) is 5.53. The highest BCUT2D eigenvalue weighted by molar-refractivity contribution is 5.12. The zero-order valence-corrected chi connectivity index (χ0v) is 10.4. The van der Waals surface area contributed by atoms with Gasteiger partial charge in [0.15, 0.2) is 0 Å². The van der Waals surface area contributed by atoms with Crippen molar-refractivity contribution in [2.75, 3.05) is 13.1 Å². The Bertz CT molecular complexity index is 179. The van der Waals surface area contributed by atoms with Gasteiger partial charge in [-0.05, 0) is 24.8 Å². The van der Waals surface area contributed by atoms with Gasteiger partial charge in [-0.2, -0.15) is 0 Å². The van der Waals surface area contributed by atoms with Crippen LogP contribution in [0.2, 0.25) is 0 Å². The molecule has 0 radical (unpaired) electrons. The first-order valence-corrected chi connectivity index (χ1v) is 5.53. The monoisotopic (exact) mass is 195 g/mol. The highest BCUT2D eigenvalue weighted by Gasteiger charge is 2.09. The molecular formula is C13H25N. The summed E-state index contributed by atoms with van der Waals surface area (Å²) in [5, 5.41) is 0. The van der Waals surface area contributed by atoms with Crippen LogP contribution in [0.3, 0.4) is 0 Å². The van der Waals surface area contributed by atoms with E-state index in [0.29, 0.717) is 11.8 Å². The quantitative estimate of drug-likeness (QED) is 0.584. The predicted octanol–water partition coefficient (Wildman–Crippen LogP) is 3.69. The lowest BCUT2D eigenvalue weighted by molar-refractivity contribution is 0.282. The van der Waals surface area contributed by atoms with E-state index >= 15 is 0 Å². The number of hydrogen-bond acceptors (Lipinski definition) is 1. The van der Waals surface area contributed by atoms with Crippen LogP contribution in [0.1, 0.15) is 34.6 Å². The lowest BCUT2D eigenvalue weighted by Crippen LogP contribution is -2.29. The Kier molecular flexibility index (Phi) is 6.35. The normalized spacial score (nSPS) is 11.6. The Labute approximate surface area is 89.5 Å². The first kappa shape index (κ1) is 13.3. The third kappa shape index (κ3) is 5.85. The van der Waals surface area contributed by atoms with Gasteiger partial charge in [0.2, 0.25) is 0 Å². The summed E-state index contributed by atoms with van der Waals surface area (Å²) < 4.78 is 0. The van der Waals surface area contributed by atoms with E-state index in [1.54, 1.807) is 0 Å². The van der Waals surface area contributed by atoms with E-state index in [0.717, 1.165) is 18.8 Å². The average molecular weight is 195 g/mol. The van der Waals surface area contributed by atoms with Gasteiger partial charge < -0.3 is 4.90 Å². The second-order valence-corrected chi connectivity index (χ2v) is 4.68. The molecule has 0 bridgehead atoms. The summed E-state index contributed by atoms with van der Waals surface area (Å²) in [5.74, 6) is 1.38. The van der Waals surface area contributed by atoms with Crippen molar-refractivity contribution in [2.45, 2.75) is 34.6 Å². The molecule has 0 aliphatic rings. The Morgan fingerprint density at radius 1 is 1.14 bits per heavy atom. The summed E-state index contributed by atoms with van der Waals surface area (Å²) in [6, 6.07) is 0. The second-order valence-electron chi connectivity index (χ2n) is 4.68. The maximum atomic E-state index is 4.09. The second kappa shape index (κ2) is 6.69. The molecule has 0 atom stereocenters. The molecule has 0 amide bonds. The molecule has 14 heavy (non-hydrogen) atoms. The lowest BCUT2D eigenvalue weighted by Gasteiger charge is -2.28. The highest BCUT2D eigenvalue weighted by Crippen LogP contribution is 2.10. The molecular weight excluding hydrogens is 170 g/mol. The largest absolute Gasteiger partial charge is 0.372 e. The summed E-state index contributed by atoms with van der Waals surface area (Å²) in [7, 11) is 0. The van der Waals surface area contributed by atoms with Gasteiger partial charge in [0.1, 0.15) is 0 Å². The zero-order valence-electron chi connectivity index (χ0n) is 10.4. The maximum absolute atomic E-state index is 4.09. The molecule has 0 saturated carbocycles. The van der Waals surface area contributed by atoms with E-state index < -0.39 is 0 Å². The fourth-order valence-electron chi connectivity index (χ4n) is 1.49. The zero-order chi connectivity index (χ0) is 11.1. The minimum Gasteiger partial charge on any atom is -0.372 e. The SMILES string of the molecule is C=C(/C=C\C)N(CC(C)C)CC(C)C. The predicted molar refractivity (Wildman–Crippen MR) is 65.2 cm³/mol. The molecule has 82 valence electrons. The van der Waals surface area contributed by atoms with Crippen LogP contribution < -0.4 is 0 Å². The van der Waals surface area contributed by atoms with Crippen molar-refractivity contribution >= 4 is 0 Å². The van der Waals surface area contributed by atoms with E-state index in [9.17, 15) is 0 Å². The Balaban J connectivity index is 4.30. The van der Waals surface area contributed by atoms with E-state index in [1.807, 2.05) is 6.92 Å². The van der Waals surface area contributed by atoms with Crippen molar-refractivity contribution in [1.82, 2.24) is 4.90 Å². The van der Waals surface area contributed by atoms with Gasteiger partial charge in [-0.1, -0.05) is 40.3 Å². The van der Waals surface area contributed by atoms with Crippen LogP contribution in [0.25, 0.3) is 0 Å². The topological polar surface area (TPSA) is 3.24 Å². The fourth-order valence-corrected chi connectivity index (χ4v) is 1.49. The molecule has 0 aromatic rings. The van der Waals surface area contributed by atoms with E-state index in [2.05, 4.69) is 51.3 Å². The molecule has 0 rings (SSSR count). The average Bonchev–Trinajstić information content (AvgIpc) is 2.01. The van der Waals surface area contributed by atoms with Crippen molar-refractivity contribution in [2.24, 2.45) is 11.8 Å². The summed E-state index contributed by atoms with van der Waals surface area (Å²) in [6.45, 7) is 17.3. The number of allylic oxidation sites excluding steroid dienone is 2. The minimum atomic E-state index is 0.691. The van der Waals surface area contributed by atoms with Crippen LogP contribution >= 0.6 is 0 Å². The van der Waals surface area contributed by atoms with Gasteiger partial charge in [-0.3, -0.25) is 0 Å². The molecule has 0 aliphatic carbocycles. The van der Waals surface area contributed by atoms with Crippen molar-refractivity contribution in [1.29, 1.82) is 0 Å². The van der Waals surface area contributed by atoms with Gasteiger partial charge in [-0.25, -0.2) is 0 Å². The van der Waals surface area contributed by atoms with E-state index in [4.69, 9.17) is 0 Å². The summed E-state index contributed by atoms with van der Waals surface area (Å²) in [4.78, 5) is 2.37. The fraction of sp³-hybridized carbons (Fsp3) is 0.692. The summed E-state index contributed by atoms with van der Waals surface area (Å²) >= 11 is 0. The molecule has 0 saturated heterocycles. The van der Waals surface area contributed by atoms with Crippen LogP contribution in [0.5, 0.6) is 0 Å². The van der Waals surface area contributed by atoms with Crippen molar-refractivity contribution < 1.29 is 0 Å². The van der Waals surface area contributed by atoms with Crippen molar-refractivity contribution in [3.05, 3.63) is 24.4 Å². The van der Waals surface area contributed by atoms with Gasteiger partial charge in [0, 0.05) is 18.8 Å². The van der Waals surface area contributed by atoms with Gasteiger partial charge in [0.05, 0.1) is 0 Å². The summed E-state index contributed by atoms with van der Waals surface area (Å²) in [5.41, 5.74) is 1.13.